The Labute approximate surface area is 176 Å². The number of halogens is 2. The lowest BCUT2D eigenvalue weighted by Gasteiger charge is -2.28. The van der Waals surface area contributed by atoms with Crippen molar-refractivity contribution in [1.29, 1.82) is 0 Å². The van der Waals surface area contributed by atoms with Crippen molar-refractivity contribution < 1.29 is 26.8 Å². The molecule has 3 N–H and O–H groups in total. The number of thioether (sulfide) groups is 1. The molecule has 2 atom stereocenters. The molecule has 2 amide bonds. The maximum absolute atomic E-state index is 13.8. The van der Waals surface area contributed by atoms with Crippen molar-refractivity contribution in [3.8, 4) is 0 Å². The molecule has 0 spiro atoms. The van der Waals surface area contributed by atoms with Crippen molar-refractivity contribution in [2.24, 2.45) is 0 Å². The molecule has 0 saturated carbocycles. The molecule has 7 nitrogen and oxygen atoms in total. The Morgan fingerprint density at radius 3 is 2.53 bits per heavy atom. The monoisotopic (exact) mass is 455 g/mol. The Bertz CT molecular complexity index is 1060. The van der Waals surface area contributed by atoms with Gasteiger partial charge in [0.2, 0.25) is 21.8 Å². The number of rotatable bonds is 6. The van der Waals surface area contributed by atoms with Gasteiger partial charge < -0.3 is 10.6 Å². The van der Waals surface area contributed by atoms with Crippen LogP contribution in [0.4, 0.5) is 20.2 Å². The van der Waals surface area contributed by atoms with E-state index < -0.39 is 33.0 Å². The standard InChI is InChI=1S/C19H19F2N3O4S2/c1-30(27,28)24-15-9-13(6-7-14(15)21)22-18(25)16-10-29-17(19(26)23-16)8-11-2-4-12(20)5-3-11/h2-7,9,16-17,24H,8,10H2,1H3,(H,22,25)(H,23,26). The largest absolute Gasteiger partial charge is 0.343 e. The average molecular weight is 456 g/mol. The van der Waals surface area contributed by atoms with E-state index >= 15 is 0 Å². The van der Waals surface area contributed by atoms with E-state index in [1.165, 1.54) is 30.0 Å². The molecule has 0 aromatic heterocycles. The number of amides is 2. The van der Waals surface area contributed by atoms with Crippen LogP contribution in [-0.4, -0.2) is 43.5 Å². The van der Waals surface area contributed by atoms with Gasteiger partial charge in [0.05, 0.1) is 17.2 Å². The normalized spacial score (nSPS) is 19.1. The third-order valence-corrected chi connectivity index (χ3v) is 6.15. The SMILES string of the molecule is CS(=O)(=O)Nc1cc(NC(=O)C2CSC(Cc3ccc(F)cc3)C(=O)N2)ccc1F. The fraction of sp³-hybridized carbons (Fsp3) is 0.263. The van der Waals surface area contributed by atoms with Crippen molar-refractivity contribution >= 4 is 45.0 Å². The zero-order chi connectivity index (χ0) is 21.9. The summed E-state index contributed by atoms with van der Waals surface area (Å²) in [4.78, 5) is 24.9. The van der Waals surface area contributed by atoms with Crippen LogP contribution in [-0.2, 0) is 26.0 Å². The van der Waals surface area contributed by atoms with Gasteiger partial charge in [0.1, 0.15) is 17.7 Å². The van der Waals surface area contributed by atoms with Gasteiger partial charge in [-0.25, -0.2) is 17.2 Å². The van der Waals surface area contributed by atoms with Gasteiger partial charge in [-0.05, 0) is 42.3 Å². The Morgan fingerprint density at radius 2 is 1.90 bits per heavy atom. The van der Waals surface area contributed by atoms with Crippen LogP contribution >= 0.6 is 11.8 Å². The lowest BCUT2D eigenvalue weighted by atomic mass is 10.1. The van der Waals surface area contributed by atoms with Gasteiger partial charge in [0.15, 0.2) is 0 Å². The molecule has 0 radical (unpaired) electrons. The second-order valence-corrected chi connectivity index (χ2v) is 9.76. The fourth-order valence-electron chi connectivity index (χ4n) is 2.83. The number of sulfonamides is 1. The molecule has 2 unspecified atom stereocenters. The summed E-state index contributed by atoms with van der Waals surface area (Å²) in [5.41, 5.74) is 0.695. The van der Waals surface area contributed by atoms with Crippen LogP contribution in [0.25, 0.3) is 0 Å². The molecule has 1 heterocycles. The van der Waals surface area contributed by atoms with E-state index in [0.717, 1.165) is 24.0 Å². The fourth-order valence-corrected chi connectivity index (χ4v) is 4.58. The van der Waals surface area contributed by atoms with Crippen molar-refractivity contribution in [3.05, 3.63) is 59.7 Å². The number of anilines is 2. The number of hydrogen-bond donors (Lipinski definition) is 3. The van der Waals surface area contributed by atoms with Crippen LogP contribution in [0.1, 0.15) is 5.56 Å². The van der Waals surface area contributed by atoms with Crippen LogP contribution in [0.5, 0.6) is 0 Å². The molecule has 2 aromatic rings. The summed E-state index contributed by atoms with van der Waals surface area (Å²) >= 11 is 1.31. The molecule has 1 aliphatic rings. The van der Waals surface area contributed by atoms with E-state index in [1.807, 2.05) is 4.72 Å². The van der Waals surface area contributed by atoms with E-state index in [2.05, 4.69) is 10.6 Å². The Balaban J connectivity index is 1.60. The van der Waals surface area contributed by atoms with Gasteiger partial charge in [-0.2, -0.15) is 0 Å². The Kier molecular flexibility index (Phi) is 6.61. The quantitative estimate of drug-likeness (QED) is 0.619. The molecule has 0 aliphatic carbocycles. The molecule has 0 bridgehead atoms. The first-order chi connectivity index (χ1) is 14.1. The summed E-state index contributed by atoms with van der Waals surface area (Å²) in [7, 11) is -3.69. The average Bonchev–Trinajstić information content (AvgIpc) is 2.66. The first-order valence-electron chi connectivity index (χ1n) is 8.85. The highest BCUT2D eigenvalue weighted by atomic mass is 32.2. The molecule has 1 aliphatic heterocycles. The van der Waals surface area contributed by atoms with Crippen LogP contribution < -0.4 is 15.4 Å². The number of nitrogens with one attached hydrogen (secondary N) is 3. The lowest BCUT2D eigenvalue weighted by Crippen LogP contribution is -2.52. The highest BCUT2D eigenvalue weighted by Crippen LogP contribution is 2.24. The van der Waals surface area contributed by atoms with Crippen molar-refractivity contribution in [2.75, 3.05) is 22.0 Å². The molecule has 30 heavy (non-hydrogen) atoms. The van der Waals surface area contributed by atoms with Crippen molar-refractivity contribution in [2.45, 2.75) is 17.7 Å². The predicted octanol–water partition coefficient (Wildman–Crippen LogP) is 2.12. The third kappa shape index (κ3) is 5.92. The Hall–Kier alpha value is -2.66. The first kappa shape index (κ1) is 22.0. The highest BCUT2D eigenvalue weighted by Gasteiger charge is 2.32. The number of hydrogen-bond acceptors (Lipinski definition) is 5. The number of benzene rings is 2. The molecule has 2 aromatic carbocycles. The van der Waals surface area contributed by atoms with Crippen LogP contribution in [0.2, 0.25) is 0 Å². The molecular weight excluding hydrogens is 436 g/mol. The van der Waals surface area contributed by atoms with E-state index in [9.17, 15) is 26.8 Å². The molecule has 1 saturated heterocycles. The second kappa shape index (κ2) is 9.00. The van der Waals surface area contributed by atoms with E-state index in [-0.39, 0.29) is 23.1 Å². The summed E-state index contributed by atoms with van der Waals surface area (Å²) in [6.07, 6.45) is 1.29. The van der Waals surface area contributed by atoms with Crippen LogP contribution in [0, 0.1) is 11.6 Å². The summed E-state index contributed by atoms with van der Waals surface area (Å²) in [6.45, 7) is 0. The van der Waals surface area contributed by atoms with Gasteiger partial charge >= 0.3 is 0 Å². The lowest BCUT2D eigenvalue weighted by molar-refractivity contribution is -0.126. The maximum Gasteiger partial charge on any atom is 0.247 e. The minimum Gasteiger partial charge on any atom is -0.343 e. The molecule has 160 valence electrons. The van der Waals surface area contributed by atoms with E-state index in [4.69, 9.17) is 0 Å². The first-order valence-corrected chi connectivity index (χ1v) is 11.8. The van der Waals surface area contributed by atoms with Crippen molar-refractivity contribution in [1.82, 2.24) is 5.32 Å². The van der Waals surface area contributed by atoms with Gasteiger partial charge in [-0.1, -0.05) is 12.1 Å². The van der Waals surface area contributed by atoms with Crippen LogP contribution in [0.15, 0.2) is 42.5 Å². The summed E-state index contributed by atoms with van der Waals surface area (Å²) in [5.74, 6) is -1.64. The summed E-state index contributed by atoms with van der Waals surface area (Å²) in [5, 5.41) is 4.79. The topological polar surface area (TPSA) is 104 Å². The molecule has 11 heteroatoms. The van der Waals surface area contributed by atoms with Gasteiger partial charge in [0.25, 0.3) is 0 Å². The minimum absolute atomic E-state index is 0.181. The maximum atomic E-state index is 13.8. The zero-order valence-electron chi connectivity index (χ0n) is 15.8. The van der Waals surface area contributed by atoms with Gasteiger partial charge in [-0.3, -0.25) is 14.3 Å². The van der Waals surface area contributed by atoms with Crippen molar-refractivity contribution in [3.63, 3.8) is 0 Å². The Morgan fingerprint density at radius 1 is 1.20 bits per heavy atom. The van der Waals surface area contributed by atoms with Gasteiger partial charge in [0, 0.05) is 11.4 Å². The van der Waals surface area contributed by atoms with Crippen LogP contribution in [0.3, 0.4) is 0 Å². The molecular formula is C19H19F2N3O4S2. The summed E-state index contributed by atoms with van der Waals surface area (Å²) < 4.78 is 51.4. The smallest absolute Gasteiger partial charge is 0.247 e. The number of carbonyl (C=O) groups is 2. The minimum atomic E-state index is -3.69. The van der Waals surface area contributed by atoms with E-state index in [0.29, 0.717) is 12.2 Å². The molecule has 3 rings (SSSR count). The highest BCUT2D eigenvalue weighted by molar-refractivity contribution is 8.00. The molecule has 1 fully saturated rings. The third-order valence-electron chi connectivity index (χ3n) is 4.25. The predicted molar refractivity (Wildman–Crippen MR) is 112 cm³/mol. The second-order valence-electron chi connectivity index (χ2n) is 6.77. The van der Waals surface area contributed by atoms with Gasteiger partial charge in [-0.15, -0.1) is 11.8 Å². The van der Waals surface area contributed by atoms with E-state index in [1.54, 1.807) is 12.1 Å². The number of carbonyl (C=O) groups excluding carboxylic acids is 2. The summed E-state index contributed by atoms with van der Waals surface area (Å²) in [6, 6.07) is 8.54. The zero-order valence-corrected chi connectivity index (χ0v) is 17.4.